The van der Waals surface area contributed by atoms with Gasteiger partial charge in [-0.05, 0) is 118 Å². The minimum atomic E-state index is -1.85. The van der Waals surface area contributed by atoms with E-state index in [1.807, 2.05) is 0 Å². The molecule has 8 rings (SSSR count). The maximum Gasteiger partial charge on any atom is 0.187 e. The number of hydrogen-bond donors (Lipinski definition) is 11. The van der Waals surface area contributed by atoms with E-state index < -0.39 is 111 Å². The van der Waals surface area contributed by atoms with Gasteiger partial charge in [0, 0.05) is 6.04 Å². The highest BCUT2D eigenvalue weighted by atomic mass is 16.8. The molecule has 4 saturated heterocycles. The van der Waals surface area contributed by atoms with Crippen molar-refractivity contribution in [3.05, 3.63) is 11.6 Å². The highest BCUT2D eigenvalue weighted by Crippen LogP contribution is 2.67. The lowest BCUT2D eigenvalue weighted by molar-refractivity contribution is -0.394. The SMILES string of the molecule is C[C@@H]1CC[C@@H]([C@@H](C)[C@H]2[C@@H](O)C[C@H]3[C@@H]4CC=C5C[C@@H](O[C@@H]6O[C@H](CO)[C@H](O)[C@H](O[C@@H]7O[C@H](CO)[C@@H](O)[C@H](O)[C@H]7O)[C@H]6O[C@@H]6O[C@@H](C)[C@H](O)[C@@H](O)[C@H]6O)CC[C@]5(C)[C@H]4CC[C@]23C)NC1. The van der Waals surface area contributed by atoms with E-state index in [0.29, 0.717) is 48.5 Å². The molecule has 7 fully saturated rings. The summed E-state index contributed by atoms with van der Waals surface area (Å²) < 4.78 is 36.7. The first-order valence-corrected chi connectivity index (χ1v) is 23.4. The average molecular weight is 886 g/mol. The summed E-state index contributed by atoms with van der Waals surface area (Å²) in [5, 5.41) is 111. The molecule has 17 nitrogen and oxygen atoms in total. The summed E-state index contributed by atoms with van der Waals surface area (Å²) in [6.07, 6.45) is -13.3. The third kappa shape index (κ3) is 8.39. The first-order valence-electron chi connectivity index (χ1n) is 23.4. The molecule has 11 N–H and O–H groups in total. The predicted octanol–water partition coefficient (Wildman–Crippen LogP) is -0.578. The molecule has 26 atom stereocenters. The van der Waals surface area contributed by atoms with Gasteiger partial charge in [-0.2, -0.15) is 0 Å². The van der Waals surface area contributed by atoms with Crippen molar-refractivity contribution in [2.24, 2.45) is 46.3 Å². The molecule has 62 heavy (non-hydrogen) atoms. The maximum atomic E-state index is 11.8. The number of piperidine rings is 1. The van der Waals surface area contributed by atoms with Gasteiger partial charge in [-0.1, -0.05) is 39.3 Å². The Labute approximate surface area is 364 Å². The van der Waals surface area contributed by atoms with Crippen LogP contribution in [-0.2, 0) is 28.4 Å². The summed E-state index contributed by atoms with van der Waals surface area (Å²) in [4.78, 5) is 0. The molecule has 0 spiro atoms. The van der Waals surface area contributed by atoms with Crippen LogP contribution in [0.4, 0.5) is 0 Å². The summed E-state index contributed by atoms with van der Waals surface area (Å²) in [5.41, 5.74) is 1.26. The van der Waals surface area contributed by atoms with Crippen molar-refractivity contribution in [1.82, 2.24) is 5.32 Å². The van der Waals surface area contributed by atoms with Gasteiger partial charge in [0.15, 0.2) is 18.9 Å². The van der Waals surface area contributed by atoms with E-state index in [1.165, 1.54) is 18.9 Å². The second kappa shape index (κ2) is 18.6. The molecule has 0 aromatic rings. The third-order valence-electron chi connectivity index (χ3n) is 17.4. The Hall–Kier alpha value is -0.940. The molecule has 3 saturated carbocycles. The standard InChI is InChI=1S/C45H75NO16/c1-19-6-9-27(46-16-19)20(2)31-28(49)15-26-24-8-7-22-14-23(10-12-44(22,4)25(24)11-13-45(26,31)5)58-43-40(62-41-37(55)35(53)32(50)21(3)57-41)39(34(52)30(18-48)60-43)61-42-38(56)36(54)33(51)29(17-47)59-42/h7,19-21,23-43,46-56H,6,8-18H2,1-5H3/t19-,20-,21+,23+,24-,25+,26+,27+,28+,29-,30-,31+,32+,33-,34+,35-,36+,37-,38-,39+,40-,41+,42+,43-,44+,45+/m1/s1. The molecule has 0 amide bonds. The van der Waals surface area contributed by atoms with Gasteiger partial charge in [0.05, 0.1) is 31.5 Å². The molecule has 0 radical (unpaired) electrons. The van der Waals surface area contributed by atoms with Crippen molar-refractivity contribution in [3.63, 3.8) is 0 Å². The van der Waals surface area contributed by atoms with Crippen molar-refractivity contribution in [2.75, 3.05) is 19.8 Å². The predicted molar refractivity (Wildman–Crippen MR) is 218 cm³/mol. The molecule has 4 aliphatic carbocycles. The third-order valence-corrected chi connectivity index (χ3v) is 17.4. The minimum Gasteiger partial charge on any atom is -0.394 e. The minimum absolute atomic E-state index is 0.0592. The Kier molecular flexibility index (Phi) is 14.3. The van der Waals surface area contributed by atoms with E-state index in [4.69, 9.17) is 28.4 Å². The van der Waals surface area contributed by atoms with Gasteiger partial charge in [0.1, 0.15) is 67.1 Å². The first kappa shape index (κ1) is 47.5. The van der Waals surface area contributed by atoms with Gasteiger partial charge in [0.25, 0.3) is 0 Å². The Morgan fingerprint density at radius 2 is 1.35 bits per heavy atom. The lowest BCUT2D eigenvalue weighted by atomic mass is 9.47. The van der Waals surface area contributed by atoms with Crippen LogP contribution in [0.25, 0.3) is 0 Å². The van der Waals surface area contributed by atoms with Crippen LogP contribution in [0.5, 0.6) is 0 Å². The van der Waals surface area contributed by atoms with Gasteiger partial charge in [-0.3, -0.25) is 0 Å². The van der Waals surface area contributed by atoms with Crippen molar-refractivity contribution in [1.29, 1.82) is 0 Å². The van der Waals surface area contributed by atoms with Gasteiger partial charge < -0.3 is 84.8 Å². The fourth-order valence-corrected chi connectivity index (χ4v) is 13.7. The number of aliphatic hydroxyl groups excluding tert-OH is 10. The summed E-state index contributed by atoms with van der Waals surface area (Å²) in [5.74, 6) is 2.64. The number of hydrogen-bond acceptors (Lipinski definition) is 17. The molecule has 356 valence electrons. The molecular weight excluding hydrogens is 810 g/mol. The van der Waals surface area contributed by atoms with Crippen molar-refractivity contribution >= 4 is 0 Å². The van der Waals surface area contributed by atoms with Gasteiger partial charge in [-0.15, -0.1) is 0 Å². The molecular formula is C45H75NO16. The van der Waals surface area contributed by atoms with E-state index in [-0.39, 0.29) is 22.9 Å². The molecule has 4 heterocycles. The molecule has 4 aliphatic heterocycles. The lowest BCUT2D eigenvalue weighted by Crippen LogP contribution is -2.67. The van der Waals surface area contributed by atoms with E-state index in [2.05, 4.69) is 39.1 Å². The van der Waals surface area contributed by atoms with E-state index in [1.54, 1.807) is 0 Å². The maximum absolute atomic E-state index is 11.8. The zero-order valence-corrected chi connectivity index (χ0v) is 36.8. The molecule has 0 unspecified atom stereocenters. The topological polar surface area (TPSA) is 270 Å². The average Bonchev–Trinajstić information content (AvgIpc) is 3.53. The normalized spacial score (nSPS) is 55.1. The van der Waals surface area contributed by atoms with Crippen molar-refractivity contribution in [2.45, 2.75) is 203 Å². The van der Waals surface area contributed by atoms with Crippen LogP contribution in [0.2, 0.25) is 0 Å². The van der Waals surface area contributed by atoms with Gasteiger partial charge >= 0.3 is 0 Å². The zero-order chi connectivity index (χ0) is 44.6. The summed E-state index contributed by atoms with van der Waals surface area (Å²) >= 11 is 0. The van der Waals surface area contributed by atoms with Crippen LogP contribution in [0.15, 0.2) is 11.6 Å². The Bertz CT molecular complexity index is 1550. The van der Waals surface area contributed by atoms with E-state index in [9.17, 15) is 51.1 Å². The number of rotatable bonds is 10. The molecule has 0 aromatic carbocycles. The molecule has 17 heteroatoms. The highest BCUT2D eigenvalue weighted by Gasteiger charge is 2.63. The number of fused-ring (bicyclic) bond motifs is 5. The molecule has 0 aromatic heterocycles. The lowest BCUT2D eigenvalue weighted by Gasteiger charge is -2.59. The highest BCUT2D eigenvalue weighted by molar-refractivity contribution is 5.26. The Morgan fingerprint density at radius 3 is 2.03 bits per heavy atom. The van der Waals surface area contributed by atoms with Crippen LogP contribution in [0, 0.1) is 46.3 Å². The number of allylic oxidation sites excluding steroid dienone is 1. The number of aliphatic hydroxyl groups is 10. The summed E-state index contributed by atoms with van der Waals surface area (Å²) in [6, 6.07) is 0.428. The monoisotopic (exact) mass is 886 g/mol. The first-order chi connectivity index (χ1) is 29.4. The van der Waals surface area contributed by atoms with Crippen LogP contribution in [-0.4, -0.2) is 181 Å². The summed E-state index contributed by atoms with van der Waals surface area (Å²) in [7, 11) is 0. The van der Waals surface area contributed by atoms with Crippen LogP contribution < -0.4 is 5.32 Å². The van der Waals surface area contributed by atoms with Crippen LogP contribution in [0.3, 0.4) is 0 Å². The number of nitrogens with one attached hydrogen (secondary N) is 1. The van der Waals surface area contributed by atoms with Crippen LogP contribution >= 0.6 is 0 Å². The number of ether oxygens (including phenoxy) is 6. The second-order valence-corrected chi connectivity index (χ2v) is 21.0. The quantitative estimate of drug-likeness (QED) is 0.123. The molecule has 8 aliphatic rings. The van der Waals surface area contributed by atoms with Gasteiger partial charge in [0.2, 0.25) is 0 Å². The van der Waals surface area contributed by atoms with E-state index >= 15 is 0 Å². The summed E-state index contributed by atoms with van der Waals surface area (Å²) in [6.45, 7) is 10.6. The van der Waals surface area contributed by atoms with Crippen molar-refractivity contribution in [3.8, 4) is 0 Å². The Morgan fingerprint density at radius 1 is 0.710 bits per heavy atom. The molecule has 0 bridgehead atoms. The largest absolute Gasteiger partial charge is 0.394 e. The fraction of sp³-hybridized carbons (Fsp3) is 0.956. The smallest absolute Gasteiger partial charge is 0.187 e. The fourth-order valence-electron chi connectivity index (χ4n) is 13.7. The van der Waals surface area contributed by atoms with Crippen LogP contribution in [0.1, 0.15) is 92.4 Å². The van der Waals surface area contributed by atoms with E-state index in [0.717, 1.165) is 45.1 Å². The second-order valence-electron chi connectivity index (χ2n) is 21.0. The Balaban J connectivity index is 1.02. The zero-order valence-electron chi connectivity index (χ0n) is 36.8. The van der Waals surface area contributed by atoms with Gasteiger partial charge in [-0.25, -0.2) is 0 Å². The van der Waals surface area contributed by atoms with Crippen molar-refractivity contribution < 1.29 is 79.5 Å².